The molecule has 134 valence electrons. The normalized spacial score (nSPS) is 10.2. The van der Waals surface area contributed by atoms with Crippen molar-refractivity contribution < 1.29 is 23.8 Å². The smallest absolute Gasteiger partial charge is 0.311 e. The minimum atomic E-state index is -0.431. The lowest BCUT2D eigenvalue weighted by atomic mass is 10.2. The van der Waals surface area contributed by atoms with E-state index >= 15 is 0 Å². The number of rotatable bonds is 9. The molecule has 1 amide bonds. The van der Waals surface area contributed by atoms with Crippen molar-refractivity contribution in [1.29, 1.82) is 0 Å². The predicted molar refractivity (Wildman–Crippen MR) is 96.4 cm³/mol. The SMILES string of the molecule is CCOc1ccc(NC(=O)COC(=O)Cc2cccs2)cc1OCC. The fourth-order valence-electron chi connectivity index (χ4n) is 2.08. The van der Waals surface area contributed by atoms with Crippen LogP contribution >= 0.6 is 11.3 Å². The zero-order valence-corrected chi connectivity index (χ0v) is 15.1. The van der Waals surface area contributed by atoms with Crippen molar-refractivity contribution in [2.45, 2.75) is 20.3 Å². The van der Waals surface area contributed by atoms with Gasteiger partial charge in [0.2, 0.25) is 0 Å². The Hall–Kier alpha value is -2.54. The highest BCUT2D eigenvalue weighted by Gasteiger charge is 2.11. The molecule has 1 aromatic heterocycles. The van der Waals surface area contributed by atoms with Gasteiger partial charge in [-0.3, -0.25) is 9.59 Å². The summed E-state index contributed by atoms with van der Waals surface area (Å²) in [5.74, 6) is 0.326. The maximum absolute atomic E-state index is 11.9. The van der Waals surface area contributed by atoms with Gasteiger partial charge in [-0.25, -0.2) is 0 Å². The van der Waals surface area contributed by atoms with Gasteiger partial charge in [-0.1, -0.05) is 6.07 Å². The first-order chi connectivity index (χ1) is 12.1. The van der Waals surface area contributed by atoms with Crippen LogP contribution in [0.25, 0.3) is 0 Å². The van der Waals surface area contributed by atoms with Gasteiger partial charge in [0.25, 0.3) is 5.91 Å². The Kier molecular flexibility index (Phi) is 7.28. The largest absolute Gasteiger partial charge is 0.490 e. The van der Waals surface area contributed by atoms with E-state index in [1.54, 1.807) is 18.2 Å². The number of esters is 1. The number of thiophene rings is 1. The van der Waals surface area contributed by atoms with Gasteiger partial charge in [-0.2, -0.15) is 0 Å². The van der Waals surface area contributed by atoms with E-state index in [0.717, 1.165) is 4.88 Å². The number of carbonyl (C=O) groups excluding carboxylic acids is 2. The van der Waals surface area contributed by atoms with Crippen LogP contribution in [0.4, 0.5) is 5.69 Å². The molecule has 0 aliphatic carbocycles. The number of nitrogens with one attached hydrogen (secondary N) is 1. The second kappa shape index (κ2) is 9.68. The third kappa shape index (κ3) is 6.11. The van der Waals surface area contributed by atoms with E-state index in [-0.39, 0.29) is 13.0 Å². The molecule has 6 nitrogen and oxygen atoms in total. The number of benzene rings is 1. The Balaban J connectivity index is 1.86. The van der Waals surface area contributed by atoms with Crippen LogP contribution in [-0.2, 0) is 20.7 Å². The highest BCUT2D eigenvalue weighted by Crippen LogP contribution is 2.30. The summed E-state index contributed by atoms with van der Waals surface area (Å²) in [6.45, 7) is 4.43. The van der Waals surface area contributed by atoms with Crippen LogP contribution < -0.4 is 14.8 Å². The number of hydrogen-bond donors (Lipinski definition) is 1. The molecular formula is C18H21NO5S. The topological polar surface area (TPSA) is 73.9 Å². The van der Waals surface area contributed by atoms with Crippen molar-refractivity contribution in [2.75, 3.05) is 25.1 Å². The van der Waals surface area contributed by atoms with Crippen molar-refractivity contribution in [3.8, 4) is 11.5 Å². The fourth-order valence-corrected chi connectivity index (χ4v) is 2.77. The molecular weight excluding hydrogens is 342 g/mol. The molecule has 0 unspecified atom stereocenters. The lowest BCUT2D eigenvalue weighted by Gasteiger charge is -2.13. The van der Waals surface area contributed by atoms with Crippen LogP contribution in [0.3, 0.4) is 0 Å². The van der Waals surface area contributed by atoms with Gasteiger partial charge in [0.1, 0.15) is 0 Å². The highest BCUT2D eigenvalue weighted by molar-refractivity contribution is 7.10. The zero-order chi connectivity index (χ0) is 18.1. The standard InChI is InChI=1S/C18H21NO5S/c1-3-22-15-8-7-13(10-16(15)23-4-2)19-17(20)12-24-18(21)11-14-6-5-9-25-14/h5-10H,3-4,11-12H2,1-2H3,(H,19,20). The summed E-state index contributed by atoms with van der Waals surface area (Å²) in [7, 11) is 0. The Bertz CT molecular complexity index is 699. The van der Waals surface area contributed by atoms with Crippen molar-refractivity contribution >= 4 is 28.9 Å². The molecule has 0 radical (unpaired) electrons. The van der Waals surface area contributed by atoms with Crippen LogP contribution in [0.2, 0.25) is 0 Å². The lowest BCUT2D eigenvalue weighted by Crippen LogP contribution is -2.21. The van der Waals surface area contributed by atoms with Crippen LogP contribution in [0.5, 0.6) is 11.5 Å². The molecule has 0 spiro atoms. The summed E-state index contributed by atoms with van der Waals surface area (Å²) in [5, 5.41) is 4.56. The van der Waals surface area contributed by atoms with Gasteiger partial charge in [-0.05, 0) is 37.4 Å². The number of amides is 1. The fraction of sp³-hybridized carbons (Fsp3) is 0.333. The average molecular weight is 363 g/mol. The number of ether oxygens (including phenoxy) is 3. The van der Waals surface area contributed by atoms with E-state index in [1.165, 1.54) is 11.3 Å². The van der Waals surface area contributed by atoms with Gasteiger partial charge >= 0.3 is 5.97 Å². The van der Waals surface area contributed by atoms with Crippen LogP contribution in [-0.4, -0.2) is 31.7 Å². The molecule has 25 heavy (non-hydrogen) atoms. The van der Waals surface area contributed by atoms with E-state index in [0.29, 0.717) is 30.4 Å². The molecule has 2 aromatic rings. The third-order valence-electron chi connectivity index (χ3n) is 3.09. The van der Waals surface area contributed by atoms with Crippen LogP contribution in [0.15, 0.2) is 35.7 Å². The van der Waals surface area contributed by atoms with Crippen LogP contribution in [0, 0.1) is 0 Å². The first-order valence-electron chi connectivity index (χ1n) is 7.99. The molecule has 7 heteroatoms. The summed E-state index contributed by atoms with van der Waals surface area (Å²) in [6, 6.07) is 8.83. The minimum absolute atomic E-state index is 0.169. The summed E-state index contributed by atoms with van der Waals surface area (Å²) >= 11 is 1.47. The second-order valence-electron chi connectivity index (χ2n) is 4.99. The van der Waals surface area contributed by atoms with E-state index in [4.69, 9.17) is 14.2 Å². The molecule has 1 N–H and O–H groups in total. The summed E-state index contributed by atoms with van der Waals surface area (Å²) in [4.78, 5) is 24.5. The summed E-state index contributed by atoms with van der Waals surface area (Å²) < 4.78 is 16.0. The maximum atomic E-state index is 11.9. The van der Waals surface area contributed by atoms with E-state index in [1.807, 2.05) is 31.4 Å². The Morgan fingerprint density at radius 1 is 1.08 bits per heavy atom. The van der Waals surface area contributed by atoms with Crippen molar-refractivity contribution in [3.63, 3.8) is 0 Å². The van der Waals surface area contributed by atoms with Gasteiger partial charge in [0.15, 0.2) is 18.1 Å². The second-order valence-corrected chi connectivity index (χ2v) is 6.02. The molecule has 0 saturated heterocycles. The van der Waals surface area contributed by atoms with Gasteiger partial charge in [-0.15, -0.1) is 11.3 Å². The summed E-state index contributed by atoms with van der Waals surface area (Å²) in [6.07, 6.45) is 0.169. The molecule has 0 aliphatic rings. The highest BCUT2D eigenvalue weighted by atomic mass is 32.1. The van der Waals surface area contributed by atoms with Crippen molar-refractivity contribution in [3.05, 3.63) is 40.6 Å². The van der Waals surface area contributed by atoms with Crippen LogP contribution in [0.1, 0.15) is 18.7 Å². The maximum Gasteiger partial charge on any atom is 0.311 e. The summed E-state index contributed by atoms with van der Waals surface area (Å²) in [5.41, 5.74) is 0.547. The quantitative estimate of drug-likeness (QED) is 0.692. The van der Waals surface area contributed by atoms with E-state index in [2.05, 4.69) is 5.32 Å². The Labute approximate surface area is 150 Å². The van der Waals surface area contributed by atoms with Crippen molar-refractivity contribution in [1.82, 2.24) is 0 Å². The molecule has 0 fully saturated rings. The van der Waals surface area contributed by atoms with Gasteiger partial charge < -0.3 is 19.5 Å². The first kappa shape index (κ1) is 18.8. The molecule has 2 rings (SSSR count). The Morgan fingerprint density at radius 2 is 1.84 bits per heavy atom. The lowest BCUT2D eigenvalue weighted by molar-refractivity contribution is -0.146. The molecule has 1 heterocycles. The minimum Gasteiger partial charge on any atom is -0.490 e. The predicted octanol–water partition coefficient (Wildman–Crippen LogP) is 3.27. The number of hydrogen-bond acceptors (Lipinski definition) is 6. The molecule has 1 aromatic carbocycles. The first-order valence-corrected chi connectivity index (χ1v) is 8.87. The molecule has 0 aliphatic heterocycles. The Morgan fingerprint density at radius 3 is 2.52 bits per heavy atom. The number of anilines is 1. The third-order valence-corrected chi connectivity index (χ3v) is 3.97. The van der Waals surface area contributed by atoms with Gasteiger partial charge in [0, 0.05) is 16.6 Å². The molecule has 0 atom stereocenters. The monoisotopic (exact) mass is 363 g/mol. The van der Waals surface area contributed by atoms with E-state index in [9.17, 15) is 9.59 Å². The van der Waals surface area contributed by atoms with E-state index < -0.39 is 11.9 Å². The zero-order valence-electron chi connectivity index (χ0n) is 14.2. The average Bonchev–Trinajstić information content (AvgIpc) is 3.09. The van der Waals surface area contributed by atoms with Gasteiger partial charge in [0.05, 0.1) is 19.6 Å². The molecule has 0 bridgehead atoms. The number of carbonyl (C=O) groups is 2. The molecule has 0 saturated carbocycles. The van der Waals surface area contributed by atoms with Crippen molar-refractivity contribution in [2.24, 2.45) is 0 Å².